The van der Waals surface area contributed by atoms with E-state index < -0.39 is 5.60 Å². The number of hydrogen-bond acceptors (Lipinski definition) is 3. The Morgan fingerprint density at radius 2 is 1.95 bits per heavy atom. The van der Waals surface area contributed by atoms with Crippen molar-refractivity contribution in [1.82, 2.24) is 5.32 Å². The molecule has 1 amide bonds. The van der Waals surface area contributed by atoms with E-state index in [-0.39, 0.29) is 5.91 Å². The van der Waals surface area contributed by atoms with Crippen molar-refractivity contribution < 1.29 is 9.90 Å². The molecule has 2 rings (SSSR count). The number of amides is 1. The minimum absolute atomic E-state index is 0.162. The lowest BCUT2D eigenvalue weighted by Gasteiger charge is -2.22. The number of hydrogen-bond donors (Lipinski definition) is 3. The van der Waals surface area contributed by atoms with Gasteiger partial charge in [-0.15, -0.1) is 0 Å². The zero-order chi connectivity index (χ0) is 14.0. The van der Waals surface area contributed by atoms with E-state index in [1.807, 2.05) is 19.9 Å². The number of benzene rings is 1. The van der Waals surface area contributed by atoms with Crippen molar-refractivity contribution in [3.8, 4) is 0 Å². The molecule has 4 nitrogen and oxygen atoms in total. The molecule has 1 aliphatic carbocycles. The summed E-state index contributed by atoms with van der Waals surface area (Å²) in [6.45, 7) is 4.13. The third-order valence-corrected chi connectivity index (χ3v) is 3.97. The average molecular weight is 262 g/mol. The van der Waals surface area contributed by atoms with E-state index in [4.69, 9.17) is 5.73 Å². The molecule has 1 aromatic rings. The Balaban J connectivity index is 2.06. The SMILES string of the molecule is Cc1cc(C)c(C(=O)NCC2(O)CCCC2)cc1N. The summed E-state index contributed by atoms with van der Waals surface area (Å²) >= 11 is 0. The van der Waals surface area contributed by atoms with Gasteiger partial charge in [-0.25, -0.2) is 0 Å². The number of aryl methyl sites for hydroxylation is 2. The Morgan fingerprint density at radius 1 is 1.32 bits per heavy atom. The van der Waals surface area contributed by atoms with Crippen LogP contribution in [0.25, 0.3) is 0 Å². The van der Waals surface area contributed by atoms with E-state index >= 15 is 0 Å². The van der Waals surface area contributed by atoms with Crippen molar-refractivity contribution in [3.63, 3.8) is 0 Å². The summed E-state index contributed by atoms with van der Waals surface area (Å²) in [5, 5.41) is 13.0. The quantitative estimate of drug-likeness (QED) is 0.728. The number of nitrogens with one attached hydrogen (secondary N) is 1. The van der Waals surface area contributed by atoms with Crippen molar-refractivity contribution in [3.05, 3.63) is 28.8 Å². The molecular weight excluding hydrogens is 240 g/mol. The van der Waals surface area contributed by atoms with Crippen molar-refractivity contribution >= 4 is 11.6 Å². The van der Waals surface area contributed by atoms with Gasteiger partial charge in [0, 0.05) is 17.8 Å². The summed E-state index contributed by atoms with van der Waals surface area (Å²) in [4.78, 5) is 12.2. The average Bonchev–Trinajstić information content (AvgIpc) is 2.78. The highest BCUT2D eigenvalue weighted by Gasteiger charge is 2.31. The van der Waals surface area contributed by atoms with E-state index in [0.29, 0.717) is 17.8 Å². The second-order valence-corrected chi connectivity index (χ2v) is 5.64. The number of aliphatic hydroxyl groups is 1. The third-order valence-electron chi connectivity index (χ3n) is 3.97. The molecule has 19 heavy (non-hydrogen) atoms. The van der Waals surface area contributed by atoms with Crippen LogP contribution in [0.2, 0.25) is 0 Å². The predicted octanol–water partition coefficient (Wildman–Crippen LogP) is 1.92. The lowest BCUT2D eigenvalue weighted by atomic mass is 10.0. The van der Waals surface area contributed by atoms with Crippen LogP contribution in [-0.2, 0) is 0 Å². The predicted molar refractivity (Wildman–Crippen MR) is 76.1 cm³/mol. The van der Waals surface area contributed by atoms with Gasteiger partial charge in [0.25, 0.3) is 5.91 Å². The third kappa shape index (κ3) is 3.07. The van der Waals surface area contributed by atoms with Gasteiger partial charge in [0.15, 0.2) is 0 Å². The van der Waals surface area contributed by atoms with Crippen molar-refractivity contribution in [1.29, 1.82) is 0 Å². The number of anilines is 1. The van der Waals surface area contributed by atoms with Crippen LogP contribution in [0, 0.1) is 13.8 Å². The Labute approximate surface area is 114 Å². The Kier molecular flexibility index (Phi) is 3.80. The molecule has 1 aromatic carbocycles. The van der Waals surface area contributed by atoms with E-state index in [1.54, 1.807) is 6.07 Å². The van der Waals surface area contributed by atoms with Gasteiger partial charge in [-0.3, -0.25) is 4.79 Å². The Hall–Kier alpha value is -1.55. The summed E-state index contributed by atoms with van der Waals surface area (Å²) in [5.41, 5.74) is 8.21. The molecule has 1 saturated carbocycles. The van der Waals surface area contributed by atoms with E-state index in [1.165, 1.54) is 0 Å². The molecule has 0 bridgehead atoms. The highest BCUT2D eigenvalue weighted by atomic mass is 16.3. The first-order valence-electron chi connectivity index (χ1n) is 6.79. The summed E-state index contributed by atoms with van der Waals surface area (Å²) in [7, 11) is 0. The molecule has 0 atom stereocenters. The Morgan fingerprint density at radius 3 is 2.58 bits per heavy atom. The first-order chi connectivity index (χ1) is 8.91. The van der Waals surface area contributed by atoms with Crippen LogP contribution in [0.1, 0.15) is 47.2 Å². The molecular formula is C15H22N2O2. The monoisotopic (exact) mass is 262 g/mol. The van der Waals surface area contributed by atoms with E-state index in [0.717, 1.165) is 36.8 Å². The maximum Gasteiger partial charge on any atom is 0.251 e. The fourth-order valence-corrected chi connectivity index (χ4v) is 2.66. The van der Waals surface area contributed by atoms with Crippen LogP contribution in [-0.4, -0.2) is 23.2 Å². The molecule has 0 heterocycles. The summed E-state index contributed by atoms with van der Waals surface area (Å²) < 4.78 is 0. The molecule has 4 heteroatoms. The second kappa shape index (κ2) is 5.21. The van der Waals surface area contributed by atoms with Crippen LogP contribution in [0.15, 0.2) is 12.1 Å². The highest BCUT2D eigenvalue weighted by molar-refractivity contribution is 5.96. The van der Waals surface area contributed by atoms with Gasteiger partial charge in [-0.1, -0.05) is 18.9 Å². The van der Waals surface area contributed by atoms with E-state index in [9.17, 15) is 9.90 Å². The van der Waals surface area contributed by atoms with Gasteiger partial charge in [0.05, 0.1) is 5.60 Å². The molecule has 0 saturated heterocycles. The summed E-state index contributed by atoms with van der Waals surface area (Å²) in [6.07, 6.45) is 3.59. The van der Waals surface area contributed by atoms with Crippen molar-refractivity contribution in [2.24, 2.45) is 0 Å². The zero-order valence-corrected chi connectivity index (χ0v) is 11.6. The van der Waals surface area contributed by atoms with Crippen molar-refractivity contribution in [2.45, 2.75) is 45.1 Å². The highest BCUT2D eigenvalue weighted by Crippen LogP contribution is 2.28. The fourth-order valence-electron chi connectivity index (χ4n) is 2.66. The number of carbonyl (C=O) groups is 1. The topological polar surface area (TPSA) is 75.3 Å². The van der Waals surface area contributed by atoms with Gasteiger partial charge in [0.1, 0.15) is 0 Å². The molecule has 1 fully saturated rings. The molecule has 0 radical (unpaired) electrons. The zero-order valence-electron chi connectivity index (χ0n) is 11.6. The van der Waals surface area contributed by atoms with Crippen molar-refractivity contribution in [2.75, 3.05) is 12.3 Å². The smallest absolute Gasteiger partial charge is 0.251 e. The standard InChI is InChI=1S/C15H22N2O2/c1-10-7-11(2)13(16)8-12(10)14(18)17-9-15(19)5-3-4-6-15/h7-8,19H,3-6,9,16H2,1-2H3,(H,17,18). The van der Waals surface area contributed by atoms with Gasteiger partial charge in [0.2, 0.25) is 0 Å². The van der Waals surface area contributed by atoms with Crippen LogP contribution in [0.5, 0.6) is 0 Å². The van der Waals surface area contributed by atoms with Crippen LogP contribution < -0.4 is 11.1 Å². The number of rotatable bonds is 3. The molecule has 104 valence electrons. The molecule has 0 aromatic heterocycles. The molecule has 0 spiro atoms. The van der Waals surface area contributed by atoms with E-state index in [2.05, 4.69) is 5.32 Å². The number of nitrogen functional groups attached to an aromatic ring is 1. The molecule has 1 aliphatic rings. The number of nitrogens with two attached hydrogens (primary N) is 1. The van der Waals surface area contributed by atoms with Gasteiger partial charge >= 0.3 is 0 Å². The second-order valence-electron chi connectivity index (χ2n) is 5.64. The van der Waals surface area contributed by atoms with Gasteiger partial charge in [-0.2, -0.15) is 0 Å². The van der Waals surface area contributed by atoms with Gasteiger partial charge in [-0.05, 0) is 43.9 Å². The lowest BCUT2D eigenvalue weighted by Crippen LogP contribution is -2.41. The first kappa shape index (κ1) is 13.9. The normalized spacial score (nSPS) is 17.4. The fraction of sp³-hybridized carbons (Fsp3) is 0.533. The summed E-state index contributed by atoms with van der Waals surface area (Å²) in [6, 6.07) is 3.62. The first-order valence-corrected chi connectivity index (χ1v) is 6.79. The minimum Gasteiger partial charge on any atom is -0.398 e. The molecule has 4 N–H and O–H groups in total. The maximum absolute atomic E-state index is 12.2. The van der Waals surface area contributed by atoms with Crippen LogP contribution >= 0.6 is 0 Å². The maximum atomic E-state index is 12.2. The Bertz CT molecular complexity index is 491. The van der Waals surface area contributed by atoms with Crippen LogP contribution in [0.3, 0.4) is 0 Å². The van der Waals surface area contributed by atoms with Crippen LogP contribution in [0.4, 0.5) is 5.69 Å². The number of carbonyl (C=O) groups excluding carboxylic acids is 1. The largest absolute Gasteiger partial charge is 0.398 e. The molecule has 0 unspecified atom stereocenters. The minimum atomic E-state index is -0.722. The molecule has 0 aliphatic heterocycles. The van der Waals surface area contributed by atoms with Gasteiger partial charge < -0.3 is 16.2 Å². The lowest BCUT2D eigenvalue weighted by molar-refractivity contribution is 0.0449. The summed E-state index contributed by atoms with van der Waals surface area (Å²) in [5.74, 6) is -0.162.